The molecule has 0 aliphatic carbocycles. The summed E-state index contributed by atoms with van der Waals surface area (Å²) in [5.74, 6) is 0. The summed E-state index contributed by atoms with van der Waals surface area (Å²) in [4.78, 5) is 0. The number of allylic oxidation sites excluding steroid dienone is 1. The highest BCUT2D eigenvalue weighted by molar-refractivity contribution is 5.31. The second-order valence-electron chi connectivity index (χ2n) is 6.67. The molecule has 1 aromatic carbocycles. The van der Waals surface area contributed by atoms with E-state index in [0.29, 0.717) is 5.41 Å². The molecule has 0 atom stereocenters. The van der Waals surface area contributed by atoms with Crippen LogP contribution in [-0.4, -0.2) is 0 Å². The molecule has 0 unspecified atom stereocenters. The van der Waals surface area contributed by atoms with Crippen molar-refractivity contribution in [3.63, 3.8) is 0 Å². The second-order valence-corrected chi connectivity index (χ2v) is 6.67. The molecule has 1 aromatic rings. The van der Waals surface area contributed by atoms with Crippen LogP contribution in [0.2, 0.25) is 0 Å². The molecule has 0 aliphatic rings. The maximum absolute atomic E-state index is 4.50. The Morgan fingerprint density at radius 2 is 1.67 bits per heavy atom. The predicted octanol–water partition coefficient (Wildman–Crippen LogP) is 6.79. The van der Waals surface area contributed by atoms with Gasteiger partial charge in [-0.3, -0.25) is 0 Å². The van der Waals surface area contributed by atoms with Gasteiger partial charge in [-0.15, -0.1) is 0 Å². The molecule has 0 aromatic heterocycles. The van der Waals surface area contributed by atoms with E-state index < -0.39 is 0 Å². The number of hydrogen-bond donors (Lipinski definition) is 0. The summed E-state index contributed by atoms with van der Waals surface area (Å²) in [5.41, 5.74) is 6.13. The molecule has 0 saturated heterocycles. The highest BCUT2D eigenvalue weighted by Gasteiger charge is 2.28. The normalized spacial score (nSPS) is 11.7. The van der Waals surface area contributed by atoms with Crippen molar-refractivity contribution < 1.29 is 0 Å². The molecule has 0 heteroatoms. The summed E-state index contributed by atoms with van der Waals surface area (Å²) in [7, 11) is 0. The van der Waals surface area contributed by atoms with Crippen LogP contribution in [0.3, 0.4) is 0 Å². The fourth-order valence-electron chi connectivity index (χ4n) is 3.72. The first-order valence-electron chi connectivity index (χ1n) is 8.73. The molecule has 0 fully saturated rings. The average molecular weight is 287 g/mol. The Morgan fingerprint density at radius 3 is 2.14 bits per heavy atom. The first kappa shape index (κ1) is 18.0. The van der Waals surface area contributed by atoms with E-state index >= 15 is 0 Å². The topological polar surface area (TPSA) is 0 Å². The molecule has 0 heterocycles. The lowest BCUT2D eigenvalue weighted by molar-refractivity contribution is 0.274. The third-order valence-corrected chi connectivity index (χ3v) is 5.08. The molecular weight excluding hydrogens is 252 g/mol. The highest BCUT2D eigenvalue weighted by atomic mass is 14.3. The summed E-state index contributed by atoms with van der Waals surface area (Å²) >= 11 is 0. The van der Waals surface area contributed by atoms with Crippen molar-refractivity contribution in [1.82, 2.24) is 0 Å². The minimum Gasteiger partial charge on any atom is -0.0993 e. The summed E-state index contributed by atoms with van der Waals surface area (Å²) in [5, 5.41) is 0. The van der Waals surface area contributed by atoms with Crippen molar-refractivity contribution in [1.29, 1.82) is 0 Å². The summed E-state index contributed by atoms with van der Waals surface area (Å²) in [6.45, 7) is 15.8. The lowest BCUT2D eigenvalue weighted by Crippen LogP contribution is -2.22. The lowest BCUT2D eigenvalue weighted by Gasteiger charge is -2.35. The van der Waals surface area contributed by atoms with E-state index in [-0.39, 0.29) is 0 Å². The van der Waals surface area contributed by atoms with Crippen LogP contribution >= 0.6 is 0 Å². The minimum atomic E-state index is 0.377. The number of rotatable bonds is 9. The van der Waals surface area contributed by atoms with Crippen LogP contribution in [0.5, 0.6) is 0 Å². The zero-order valence-electron chi connectivity index (χ0n) is 14.9. The molecule has 0 nitrogen and oxygen atoms in total. The Bertz CT molecular complexity index is 447. The smallest absolute Gasteiger partial charge is 0.00935 e. The Balaban J connectivity index is 2.77. The van der Waals surface area contributed by atoms with Gasteiger partial charge in [-0.1, -0.05) is 69.5 Å². The molecule has 0 amide bonds. The van der Waals surface area contributed by atoms with Gasteiger partial charge in [0.2, 0.25) is 0 Å². The fraction of sp³-hybridized carbons (Fsp3) is 0.619. The van der Waals surface area contributed by atoms with Gasteiger partial charge in [-0.25, -0.2) is 0 Å². The Hall–Kier alpha value is -1.04. The van der Waals surface area contributed by atoms with Gasteiger partial charge in [0.05, 0.1) is 0 Å². The monoisotopic (exact) mass is 286 g/mol. The third kappa shape index (κ3) is 4.73. The van der Waals surface area contributed by atoms with Crippen molar-refractivity contribution in [3.8, 4) is 0 Å². The molecule has 1 rings (SSSR count). The van der Waals surface area contributed by atoms with Crippen LogP contribution in [0.15, 0.2) is 30.4 Å². The van der Waals surface area contributed by atoms with Gasteiger partial charge in [0.1, 0.15) is 0 Å². The number of benzene rings is 1. The lowest BCUT2D eigenvalue weighted by atomic mass is 9.70. The van der Waals surface area contributed by atoms with Crippen LogP contribution in [0.25, 0.3) is 0 Å². The van der Waals surface area contributed by atoms with Crippen LogP contribution in [0, 0.1) is 19.3 Å². The van der Waals surface area contributed by atoms with E-state index in [0.717, 1.165) is 12.8 Å². The number of hydrogen-bond acceptors (Lipinski definition) is 0. The van der Waals surface area contributed by atoms with E-state index in [1.165, 1.54) is 54.4 Å². The highest BCUT2D eigenvalue weighted by Crippen LogP contribution is 2.42. The van der Waals surface area contributed by atoms with E-state index in [9.17, 15) is 0 Å². The quantitative estimate of drug-likeness (QED) is 0.438. The van der Waals surface area contributed by atoms with Crippen LogP contribution < -0.4 is 0 Å². The van der Waals surface area contributed by atoms with Gasteiger partial charge in [0.25, 0.3) is 0 Å². The summed E-state index contributed by atoms with van der Waals surface area (Å²) < 4.78 is 0. The van der Waals surface area contributed by atoms with Crippen molar-refractivity contribution in [2.45, 2.75) is 79.6 Å². The van der Waals surface area contributed by atoms with E-state index in [1.54, 1.807) is 0 Å². The van der Waals surface area contributed by atoms with Gasteiger partial charge in [-0.05, 0) is 62.5 Å². The van der Waals surface area contributed by atoms with Crippen molar-refractivity contribution in [2.24, 2.45) is 5.41 Å². The molecule has 0 radical (unpaired) electrons. The largest absolute Gasteiger partial charge is 0.0993 e. The summed E-state index contributed by atoms with van der Waals surface area (Å²) in [6.07, 6.45) is 8.62. The van der Waals surface area contributed by atoms with E-state index in [4.69, 9.17) is 0 Å². The van der Waals surface area contributed by atoms with Gasteiger partial charge >= 0.3 is 0 Å². The second kappa shape index (κ2) is 8.41. The minimum absolute atomic E-state index is 0.377. The molecule has 0 saturated carbocycles. The van der Waals surface area contributed by atoms with Crippen molar-refractivity contribution in [3.05, 3.63) is 47.0 Å². The molecule has 0 spiro atoms. The predicted molar refractivity (Wildman–Crippen MR) is 95.9 cm³/mol. The first-order chi connectivity index (χ1) is 9.99. The maximum atomic E-state index is 4.50. The molecule has 0 bridgehead atoms. The maximum Gasteiger partial charge on any atom is -0.00935 e. The zero-order valence-corrected chi connectivity index (χ0v) is 14.9. The standard InChI is InChI=1S/C21H34/c1-7-14-21(9-3,15-8-2)19(6)11-13-20-12-10-17(4)16-18(20)5/h10,12,16H,6-9,11,13-15H2,1-5H3. The van der Waals surface area contributed by atoms with Gasteiger partial charge < -0.3 is 0 Å². The average Bonchev–Trinajstić information content (AvgIpc) is 2.45. The third-order valence-electron chi connectivity index (χ3n) is 5.08. The SMILES string of the molecule is C=C(CCc1ccc(C)cc1C)C(CC)(CCC)CCC. The Labute approximate surface area is 132 Å². The molecule has 118 valence electrons. The molecular formula is C21H34. The van der Waals surface area contributed by atoms with E-state index in [2.05, 4.69) is 59.4 Å². The van der Waals surface area contributed by atoms with Gasteiger partial charge in [-0.2, -0.15) is 0 Å². The van der Waals surface area contributed by atoms with Gasteiger partial charge in [0, 0.05) is 0 Å². The van der Waals surface area contributed by atoms with Gasteiger partial charge in [0.15, 0.2) is 0 Å². The van der Waals surface area contributed by atoms with Crippen LogP contribution in [0.1, 0.15) is 76.0 Å². The fourth-order valence-corrected chi connectivity index (χ4v) is 3.72. The van der Waals surface area contributed by atoms with Crippen molar-refractivity contribution in [2.75, 3.05) is 0 Å². The zero-order chi connectivity index (χ0) is 15.9. The first-order valence-corrected chi connectivity index (χ1v) is 8.73. The van der Waals surface area contributed by atoms with E-state index in [1.807, 2.05) is 0 Å². The molecule has 0 aliphatic heterocycles. The molecule has 21 heavy (non-hydrogen) atoms. The summed E-state index contributed by atoms with van der Waals surface area (Å²) in [6, 6.07) is 6.82. The Kier molecular flexibility index (Phi) is 7.22. The number of aryl methyl sites for hydroxylation is 3. The van der Waals surface area contributed by atoms with Crippen LogP contribution in [-0.2, 0) is 6.42 Å². The Morgan fingerprint density at radius 1 is 1.05 bits per heavy atom. The van der Waals surface area contributed by atoms with Crippen molar-refractivity contribution >= 4 is 0 Å². The van der Waals surface area contributed by atoms with Crippen LogP contribution in [0.4, 0.5) is 0 Å². The molecule has 0 N–H and O–H groups in total.